The lowest BCUT2D eigenvalue weighted by atomic mass is 9.77. The van der Waals surface area contributed by atoms with Crippen LogP contribution in [0.4, 0.5) is 17.1 Å². The number of fused-ring (bicyclic) bond motifs is 2. The molecule has 0 amide bonds. The maximum Gasteiger partial charge on any atom is 0.0919 e. The van der Waals surface area contributed by atoms with Crippen molar-refractivity contribution in [2.24, 2.45) is 0 Å². The normalized spacial score (nSPS) is 24.6. The summed E-state index contributed by atoms with van der Waals surface area (Å²) in [6, 6.07) is 24.0. The molecule has 2 atom stereocenters. The molecule has 1 heterocycles. The molecule has 0 aromatic heterocycles. The van der Waals surface area contributed by atoms with E-state index in [1.165, 1.54) is 0 Å². The smallest absolute Gasteiger partial charge is 0.0919 e. The first kappa shape index (κ1) is 17.8. The minimum absolute atomic E-state index is 0.218. The molecule has 3 aromatic rings. The minimum Gasteiger partial charge on any atom is -0.385 e. The van der Waals surface area contributed by atoms with Crippen molar-refractivity contribution in [2.45, 2.75) is 38.4 Å². The Bertz CT molecular complexity index is 933. The zero-order valence-corrected chi connectivity index (χ0v) is 16.0. The first-order chi connectivity index (χ1) is 12.8. The van der Waals surface area contributed by atoms with Gasteiger partial charge < -0.3 is 15.1 Å². The second-order valence-corrected chi connectivity index (χ2v) is 7.88. The summed E-state index contributed by atoms with van der Waals surface area (Å²) >= 11 is 0. The standard InChI is InChI=1S/C24H25NO2/c1-17-10-4-7-13-20(17)25-21-14-8-5-11-18(21)23(2,26)16-24(3,27)19-12-6-9-15-22(19)25/h4-15,26-27H,16H2,1-3H3/t23-,24+. The summed E-state index contributed by atoms with van der Waals surface area (Å²) in [4.78, 5) is 2.15. The summed E-state index contributed by atoms with van der Waals surface area (Å²) in [6.07, 6.45) is 0.218. The van der Waals surface area contributed by atoms with E-state index in [1.54, 1.807) is 13.8 Å². The summed E-state index contributed by atoms with van der Waals surface area (Å²) in [7, 11) is 0. The van der Waals surface area contributed by atoms with Crippen LogP contribution in [-0.2, 0) is 11.2 Å². The van der Waals surface area contributed by atoms with Crippen LogP contribution in [0.25, 0.3) is 0 Å². The fourth-order valence-electron chi connectivity index (χ4n) is 4.31. The van der Waals surface area contributed by atoms with Crippen LogP contribution in [0, 0.1) is 6.92 Å². The molecule has 0 unspecified atom stereocenters. The summed E-state index contributed by atoms with van der Waals surface area (Å²) in [5, 5.41) is 22.7. The Morgan fingerprint density at radius 3 is 1.56 bits per heavy atom. The monoisotopic (exact) mass is 359 g/mol. The van der Waals surface area contributed by atoms with Crippen LogP contribution in [0.5, 0.6) is 0 Å². The lowest BCUT2D eigenvalue weighted by Gasteiger charge is -2.42. The molecule has 27 heavy (non-hydrogen) atoms. The Balaban J connectivity index is 2.11. The molecule has 3 nitrogen and oxygen atoms in total. The van der Waals surface area contributed by atoms with Crippen LogP contribution in [0.2, 0.25) is 0 Å². The number of rotatable bonds is 1. The van der Waals surface area contributed by atoms with Crippen LogP contribution in [0.15, 0.2) is 72.8 Å². The van der Waals surface area contributed by atoms with Gasteiger partial charge in [0.15, 0.2) is 0 Å². The second kappa shape index (κ2) is 6.22. The zero-order chi connectivity index (χ0) is 19.2. The molecule has 1 aliphatic heterocycles. The van der Waals surface area contributed by atoms with Crippen LogP contribution < -0.4 is 4.90 Å². The molecule has 0 radical (unpaired) electrons. The second-order valence-electron chi connectivity index (χ2n) is 7.88. The number of benzene rings is 3. The fourth-order valence-corrected chi connectivity index (χ4v) is 4.31. The number of hydrogen-bond donors (Lipinski definition) is 2. The Morgan fingerprint density at radius 2 is 1.07 bits per heavy atom. The lowest BCUT2D eigenvalue weighted by molar-refractivity contribution is -0.0525. The van der Waals surface area contributed by atoms with E-state index in [-0.39, 0.29) is 6.42 Å². The minimum atomic E-state index is -1.17. The lowest BCUT2D eigenvalue weighted by Crippen LogP contribution is -2.38. The van der Waals surface area contributed by atoms with E-state index in [0.717, 1.165) is 33.8 Å². The summed E-state index contributed by atoms with van der Waals surface area (Å²) in [6.45, 7) is 5.64. The Morgan fingerprint density at radius 1 is 0.667 bits per heavy atom. The third-order valence-electron chi connectivity index (χ3n) is 5.50. The highest BCUT2D eigenvalue weighted by Gasteiger charge is 2.41. The maximum atomic E-state index is 11.3. The Labute approximate surface area is 160 Å². The highest BCUT2D eigenvalue weighted by Crippen LogP contribution is 2.50. The molecule has 138 valence electrons. The molecule has 0 spiro atoms. The van der Waals surface area contributed by atoms with Crippen LogP contribution in [0.3, 0.4) is 0 Å². The van der Waals surface area contributed by atoms with E-state index in [0.29, 0.717) is 0 Å². The van der Waals surface area contributed by atoms with Crippen molar-refractivity contribution >= 4 is 17.1 Å². The molecule has 0 saturated heterocycles. The Kier molecular flexibility index (Phi) is 4.10. The first-order valence-corrected chi connectivity index (χ1v) is 9.31. The number of hydrogen-bond acceptors (Lipinski definition) is 3. The van der Waals surface area contributed by atoms with Gasteiger partial charge in [0, 0.05) is 23.2 Å². The third-order valence-corrected chi connectivity index (χ3v) is 5.50. The van der Waals surface area contributed by atoms with Crippen molar-refractivity contribution in [1.29, 1.82) is 0 Å². The van der Waals surface area contributed by atoms with Gasteiger partial charge in [0.25, 0.3) is 0 Å². The average Bonchev–Trinajstić information content (AvgIpc) is 2.63. The Hall–Kier alpha value is -2.62. The van der Waals surface area contributed by atoms with Gasteiger partial charge in [-0.25, -0.2) is 0 Å². The SMILES string of the molecule is Cc1ccccc1N1c2ccccc2[C@@](C)(O)C[C@@](C)(O)c2ccccc21. The van der Waals surface area contributed by atoms with Crippen molar-refractivity contribution in [2.75, 3.05) is 4.90 Å². The number of para-hydroxylation sites is 3. The van der Waals surface area contributed by atoms with Crippen molar-refractivity contribution in [3.05, 3.63) is 89.5 Å². The van der Waals surface area contributed by atoms with Gasteiger partial charge in [-0.15, -0.1) is 0 Å². The molecule has 0 aliphatic carbocycles. The molecule has 0 fully saturated rings. The van der Waals surface area contributed by atoms with E-state index in [9.17, 15) is 10.2 Å². The van der Waals surface area contributed by atoms with E-state index >= 15 is 0 Å². The highest BCUT2D eigenvalue weighted by atomic mass is 16.3. The molecule has 3 heteroatoms. The van der Waals surface area contributed by atoms with E-state index in [4.69, 9.17) is 0 Å². The molecule has 0 saturated carbocycles. The average molecular weight is 359 g/mol. The molecule has 4 rings (SSSR count). The van der Waals surface area contributed by atoms with Gasteiger partial charge in [-0.1, -0.05) is 54.6 Å². The summed E-state index contributed by atoms with van der Waals surface area (Å²) in [5.74, 6) is 0. The number of aryl methyl sites for hydroxylation is 1. The van der Waals surface area contributed by atoms with Crippen molar-refractivity contribution < 1.29 is 10.2 Å². The van der Waals surface area contributed by atoms with Gasteiger partial charge >= 0.3 is 0 Å². The molecular weight excluding hydrogens is 334 g/mol. The van der Waals surface area contributed by atoms with Crippen LogP contribution in [0.1, 0.15) is 37.0 Å². The highest BCUT2D eigenvalue weighted by molar-refractivity contribution is 5.83. The summed E-state index contributed by atoms with van der Waals surface area (Å²) < 4.78 is 0. The van der Waals surface area contributed by atoms with Gasteiger partial charge in [-0.05, 0) is 44.5 Å². The fraction of sp³-hybridized carbons (Fsp3) is 0.250. The topological polar surface area (TPSA) is 43.7 Å². The molecule has 0 bridgehead atoms. The van der Waals surface area contributed by atoms with Gasteiger partial charge in [0.2, 0.25) is 0 Å². The van der Waals surface area contributed by atoms with Gasteiger partial charge in [0.05, 0.1) is 22.6 Å². The maximum absolute atomic E-state index is 11.3. The van der Waals surface area contributed by atoms with Crippen molar-refractivity contribution in [1.82, 2.24) is 0 Å². The van der Waals surface area contributed by atoms with Crippen LogP contribution >= 0.6 is 0 Å². The third kappa shape index (κ3) is 2.93. The number of aliphatic hydroxyl groups is 2. The number of nitrogens with zero attached hydrogens (tertiary/aromatic N) is 1. The van der Waals surface area contributed by atoms with Gasteiger partial charge in [0.1, 0.15) is 0 Å². The predicted octanol–water partition coefficient (Wildman–Crippen LogP) is 5.28. The predicted molar refractivity (Wildman–Crippen MR) is 110 cm³/mol. The molecule has 2 N–H and O–H groups in total. The van der Waals surface area contributed by atoms with Crippen molar-refractivity contribution in [3.63, 3.8) is 0 Å². The van der Waals surface area contributed by atoms with Gasteiger partial charge in [-0.3, -0.25) is 0 Å². The molecule has 3 aromatic carbocycles. The quantitative estimate of drug-likeness (QED) is 0.621. The van der Waals surface area contributed by atoms with Crippen molar-refractivity contribution in [3.8, 4) is 0 Å². The molecular formula is C24H25NO2. The largest absolute Gasteiger partial charge is 0.385 e. The van der Waals surface area contributed by atoms with E-state index in [1.807, 2.05) is 60.7 Å². The van der Waals surface area contributed by atoms with E-state index in [2.05, 4.69) is 24.0 Å². The zero-order valence-electron chi connectivity index (χ0n) is 16.0. The first-order valence-electron chi connectivity index (χ1n) is 9.31. The summed E-state index contributed by atoms with van der Waals surface area (Å²) in [5.41, 5.74) is 3.29. The van der Waals surface area contributed by atoms with E-state index < -0.39 is 11.2 Å². The molecule has 1 aliphatic rings. The van der Waals surface area contributed by atoms with Crippen LogP contribution in [-0.4, -0.2) is 10.2 Å². The number of anilines is 3. The van der Waals surface area contributed by atoms with Gasteiger partial charge in [-0.2, -0.15) is 0 Å².